The molecule has 1 aromatic rings. The first-order valence-corrected chi connectivity index (χ1v) is 4.57. The van der Waals surface area contributed by atoms with E-state index in [-0.39, 0.29) is 5.02 Å². The standard InChI is InChI=1S/C11H8ClF3/c1-3-7(2)9-6-8(11(13,14)15)4-5-10(9)12/h1,4-7H,2H3. The molecule has 0 aromatic heterocycles. The van der Waals surface area contributed by atoms with Gasteiger partial charge in [-0.05, 0) is 30.7 Å². The topological polar surface area (TPSA) is 0 Å². The van der Waals surface area contributed by atoms with E-state index in [4.69, 9.17) is 18.0 Å². The lowest BCUT2D eigenvalue weighted by molar-refractivity contribution is -0.137. The quantitative estimate of drug-likeness (QED) is 0.640. The van der Waals surface area contributed by atoms with Gasteiger partial charge in [-0.1, -0.05) is 17.5 Å². The van der Waals surface area contributed by atoms with E-state index in [1.807, 2.05) is 0 Å². The molecule has 0 N–H and O–H groups in total. The van der Waals surface area contributed by atoms with Crippen molar-refractivity contribution in [2.75, 3.05) is 0 Å². The van der Waals surface area contributed by atoms with Crippen molar-refractivity contribution in [2.45, 2.75) is 19.0 Å². The summed E-state index contributed by atoms with van der Waals surface area (Å²) in [5.74, 6) is 1.92. The Kier molecular flexibility index (Phi) is 3.31. The Balaban J connectivity index is 3.24. The first kappa shape index (κ1) is 11.9. The molecule has 0 aliphatic rings. The smallest absolute Gasteiger partial charge is 0.166 e. The Labute approximate surface area is 91.1 Å². The van der Waals surface area contributed by atoms with Gasteiger partial charge in [0.05, 0.1) is 5.56 Å². The Morgan fingerprint density at radius 3 is 2.47 bits per heavy atom. The zero-order valence-electron chi connectivity index (χ0n) is 7.90. The molecule has 0 radical (unpaired) electrons. The fourth-order valence-electron chi connectivity index (χ4n) is 1.14. The van der Waals surface area contributed by atoms with Crippen molar-refractivity contribution in [2.24, 2.45) is 0 Å². The van der Waals surface area contributed by atoms with E-state index in [1.54, 1.807) is 6.92 Å². The minimum atomic E-state index is -4.37. The van der Waals surface area contributed by atoms with Gasteiger partial charge in [-0.3, -0.25) is 0 Å². The summed E-state index contributed by atoms with van der Waals surface area (Å²) in [6.07, 6.45) is 0.775. The molecular weight excluding hydrogens is 225 g/mol. The Bertz CT molecular complexity index is 401. The van der Waals surface area contributed by atoms with E-state index in [1.165, 1.54) is 6.07 Å². The summed E-state index contributed by atoms with van der Waals surface area (Å²) < 4.78 is 37.1. The van der Waals surface area contributed by atoms with E-state index < -0.39 is 17.7 Å². The molecule has 0 spiro atoms. The molecule has 0 aliphatic carbocycles. The maximum Gasteiger partial charge on any atom is 0.416 e. The van der Waals surface area contributed by atoms with Gasteiger partial charge in [0.2, 0.25) is 0 Å². The van der Waals surface area contributed by atoms with Gasteiger partial charge >= 0.3 is 6.18 Å². The molecule has 0 saturated heterocycles. The van der Waals surface area contributed by atoms with Crippen LogP contribution in [0.5, 0.6) is 0 Å². The zero-order chi connectivity index (χ0) is 11.6. The normalized spacial score (nSPS) is 13.3. The number of alkyl halides is 3. The monoisotopic (exact) mass is 232 g/mol. The van der Waals surface area contributed by atoms with Crippen LogP contribution in [0.4, 0.5) is 13.2 Å². The largest absolute Gasteiger partial charge is 0.416 e. The molecule has 0 saturated carbocycles. The average molecular weight is 233 g/mol. The second kappa shape index (κ2) is 4.16. The van der Waals surface area contributed by atoms with Crippen LogP contribution in [-0.2, 0) is 6.18 Å². The summed E-state index contributed by atoms with van der Waals surface area (Å²) in [6.45, 7) is 1.63. The van der Waals surface area contributed by atoms with Gasteiger partial charge in [0, 0.05) is 10.9 Å². The second-order valence-corrected chi connectivity index (χ2v) is 3.53. The van der Waals surface area contributed by atoms with Gasteiger partial charge in [0.25, 0.3) is 0 Å². The van der Waals surface area contributed by atoms with Crippen molar-refractivity contribution in [3.63, 3.8) is 0 Å². The third-order valence-corrected chi connectivity index (χ3v) is 2.38. The van der Waals surface area contributed by atoms with Gasteiger partial charge in [0.1, 0.15) is 0 Å². The Hall–Kier alpha value is -1.14. The summed E-state index contributed by atoms with van der Waals surface area (Å²) in [5, 5.41) is 0.258. The van der Waals surface area contributed by atoms with Crippen molar-refractivity contribution >= 4 is 11.6 Å². The van der Waals surface area contributed by atoms with Crippen LogP contribution in [0.2, 0.25) is 5.02 Å². The lowest BCUT2D eigenvalue weighted by atomic mass is 9.99. The van der Waals surface area contributed by atoms with E-state index in [0.29, 0.717) is 5.56 Å². The van der Waals surface area contributed by atoms with Crippen LogP contribution in [0.3, 0.4) is 0 Å². The van der Waals surface area contributed by atoms with Gasteiger partial charge in [0.15, 0.2) is 0 Å². The van der Waals surface area contributed by atoms with Crippen LogP contribution in [0, 0.1) is 12.3 Å². The van der Waals surface area contributed by atoms with E-state index in [2.05, 4.69) is 5.92 Å². The molecule has 1 atom stereocenters. The van der Waals surface area contributed by atoms with E-state index in [9.17, 15) is 13.2 Å². The van der Waals surface area contributed by atoms with Crippen molar-refractivity contribution in [1.29, 1.82) is 0 Å². The lowest BCUT2D eigenvalue weighted by Crippen LogP contribution is -2.06. The van der Waals surface area contributed by atoms with Crippen molar-refractivity contribution in [3.05, 3.63) is 34.3 Å². The minimum absolute atomic E-state index is 0.258. The van der Waals surface area contributed by atoms with Gasteiger partial charge in [-0.15, -0.1) is 6.42 Å². The van der Waals surface area contributed by atoms with Crippen LogP contribution >= 0.6 is 11.6 Å². The molecular formula is C11H8ClF3. The lowest BCUT2D eigenvalue weighted by Gasteiger charge is -2.12. The highest BCUT2D eigenvalue weighted by molar-refractivity contribution is 6.31. The molecule has 0 fully saturated rings. The molecule has 1 unspecified atom stereocenters. The molecule has 1 rings (SSSR count). The number of hydrogen-bond acceptors (Lipinski definition) is 0. The predicted octanol–water partition coefficient (Wildman–Crippen LogP) is 4.10. The fraction of sp³-hybridized carbons (Fsp3) is 0.273. The van der Waals surface area contributed by atoms with Crippen LogP contribution in [0.1, 0.15) is 24.0 Å². The molecule has 1 aromatic carbocycles. The first-order valence-electron chi connectivity index (χ1n) is 4.19. The number of benzene rings is 1. The maximum atomic E-state index is 12.4. The molecule has 0 nitrogen and oxygen atoms in total. The molecule has 0 heterocycles. The number of terminal acetylenes is 1. The second-order valence-electron chi connectivity index (χ2n) is 3.12. The molecule has 0 aliphatic heterocycles. The third kappa shape index (κ3) is 2.66. The summed E-state index contributed by atoms with van der Waals surface area (Å²) in [4.78, 5) is 0. The Morgan fingerprint density at radius 2 is 2.00 bits per heavy atom. The van der Waals surface area contributed by atoms with Crippen molar-refractivity contribution in [3.8, 4) is 12.3 Å². The fourth-order valence-corrected chi connectivity index (χ4v) is 1.42. The summed E-state index contributed by atoms with van der Waals surface area (Å²) in [7, 11) is 0. The number of rotatable bonds is 1. The molecule has 4 heteroatoms. The van der Waals surface area contributed by atoms with Gasteiger partial charge in [-0.2, -0.15) is 13.2 Å². The summed E-state index contributed by atoms with van der Waals surface area (Å²) >= 11 is 5.76. The average Bonchev–Trinajstić information content (AvgIpc) is 2.15. The van der Waals surface area contributed by atoms with E-state index in [0.717, 1.165) is 12.1 Å². The SMILES string of the molecule is C#CC(C)c1cc(C(F)(F)F)ccc1Cl. The number of halogens is 4. The predicted molar refractivity (Wildman–Crippen MR) is 53.7 cm³/mol. The molecule has 80 valence electrons. The molecule has 15 heavy (non-hydrogen) atoms. The van der Waals surface area contributed by atoms with Crippen molar-refractivity contribution < 1.29 is 13.2 Å². The van der Waals surface area contributed by atoms with Crippen LogP contribution in [-0.4, -0.2) is 0 Å². The minimum Gasteiger partial charge on any atom is -0.166 e. The zero-order valence-corrected chi connectivity index (χ0v) is 8.65. The van der Waals surface area contributed by atoms with Crippen LogP contribution in [0.15, 0.2) is 18.2 Å². The highest BCUT2D eigenvalue weighted by Gasteiger charge is 2.31. The molecule has 0 amide bonds. The Morgan fingerprint density at radius 1 is 1.40 bits per heavy atom. The van der Waals surface area contributed by atoms with Crippen LogP contribution < -0.4 is 0 Å². The van der Waals surface area contributed by atoms with E-state index >= 15 is 0 Å². The maximum absolute atomic E-state index is 12.4. The molecule has 0 bridgehead atoms. The highest BCUT2D eigenvalue weighted by Crippen LogP contribution is 2.33. The van der Waals surface area contributed by atoms with Crippen LogP contribution in [0.25, 0.3) is 0 Å². The third-order valence-electron chi connectivity index (χ3n) is 2.04. The first-order chi connectivity index (χ1) is 6.86. The van der Waals surface area contributed by atoms with Gasteiger partial charge < -0.3 is 0 Å². The number of hydrogen-bond donors (Lipinski definition) is 0. The summed E-state index contributed by atoms with van der Waals surface area (Å²) in [6, 6.07) is 3.15. The van der Waals surface area contributed by atoms with Crippen molar-refractivity contribution in [1.82, 2.24) is 0 Å². The highest BCUT2D eigenvalue weighted by atomic mass is 35.5. The van der Waals surface area contributed by atoms with Gasteiger partial charge in [-0.25, -0.2) is 0 Å². The summed E-state index contributed by atoms with van der Waals surface area (Å²) in [5.41, 5.74) is -0.405.